The van der Waals surface area contributed by atoms with E-state index >= 15 is 0 Å². The lowest BCUT2D eigenvalue weighted by Gasteiger charge is -2.27. The quantitative estimate of drug-likeness (QED) is 0.859. The van der Waals surface area contributed by atoms with E-state index in [0.29, 0.717) is 11.2 Å². The van der Waals surface area contributed by atoms with Gasteiger partial charge in [-0.05, 0) is 25.6 Å². The highest BCUT2D eigenvalue weighted by atomic mass is 32.2. The number of likely N-dealkylation sites (N-methyl/N-ethyl adjacent to an activating group) is 1. The minimum absolute atomic E-state index is 0.0216. The van der Waals surface area contributed by atoms with Gasteiger partial charge in [-0.1, -0.05) is 12.8 Å². The van der Waals surface area contributed by atoms with Crippen molar-refractivity contribution in [3.05, 3.63) is 0 Å². The average molecular weight is 288 g/mol. The van der Waals surface area contributed by atoms with Gasteiger partial charge in [-0.15, -0.1) is 0 Å². The van der Waals surface area contributed by atoms with Gasteiger partial charge < -0.3 is 10.2 Å². The number of thioether (sulfide) groups is 2. The summed E-state index contributed by atoms with van der Waals surface area (Å²) < 4.78 is 0. The van der Waals surface area contributed by atoms with E-state index in [4.69, 9.17) is 0 Å². The van der Waals surface area contributed by atoms with Crippen LogP contribution in [0.5, 0.6) is 0 Å². The molecule has 2 fully saturated rings. The Balaban J connectivity index is 1.90. The van der Waals surface area contributed by atoms with Crippen molar-refractivity contribution in [3.8, 4) is 0 Å². The molecular formula is C13H24N2OS2. The molecule has 0 radical (unpaired) electrons. The molecule has 2 unspecified atom stereocenters. The van der Waals surface area contributed by atoms with Crippen molar-refractivity contribution in [2.75, 3.05) is 37.4 Å². The summed E-state index contributed by atoms with van der Waals surface area (Å²) in [5.74, 6) is 3.59. The van der Waals surface area contributed by atoms with Crippen LogP contribution >= 0.6 is 23.5 Å². The highest BCUT2D eigenvalue weighted by molar-refractivity contribution is 8.00. The van der Waals surface area contributed by atoms with Crippen LogP contribution in [0.2, 0.25) is 0 Å². The fourth-order valence-corrected chi connectivity index (χ4v) is 4.92. The van der Waals surface area contributed by atoms with Gasteiger partial charge in [-0.3, -0.25) is 4.79 Å². The number of rotatable bonds is 3. The minimum atomic E-state index is 0.0216. The lowest BCUT2D eigenvalue weighted by Crippen LogP contribution is -2.47. The highest BCUT2D eigenvalue weighted by Crippen LogP contribution is 2.25. The summed E-state index contributed by atoms with van der Waals surface area (Å²) >= 11 is 3.96. The minimum Gasteiger partial charge on any atom is -0.339 e. The Bertz CT molecular complexity index is 268. The zero-order valence-corrected chi connectivity index (χ0v) is 12.8. The smallest absolute Gasteiger partial charge is 0.240 e. The molecule has 2 aliphatic heterocycles. The van der Waals surface area contributed by atoms with E-state index in [9.17, 15) is 4.79 Å². The largest absolute Gasteiger partial charge is 0.339 e. The summed E-state index contributed by atoms with van der Waals surface area (Å²) in [6.07, 6.45) is 5.34. The normalized spacial score (nSPS) is 30.9. The molecule has 5 heteroatoms. The molecule has 104 valence electrons. The van der Waals surface area contributed by atoms with Gasteiger partial charge in [0, 0.05) is 29.8 Å². The lowest BCUT2D eigenvalue weighted by atomic mass is 10.1. The van der Waals surface area contributed by atoms with Crippen LogP contribution in [-0.4, -0.2) is 59.5 Å². The molecule has 0 spiro atoms. The summed E-state index contributed by atoms with van der Waals surface area (Å²) in [5.41, 5.74) is 0. The topological polar surface area (TPSA) is 32.3 Å². The predicted octanol–water partition coefficient (Wildman–Crippen LogP) is 1.83. The van der Waals surface area contributed by atoms with Gasteiger partial charge in [0.25, 0.3) is 0 Å². The maximum atomic E-state index is 12.4. The number of carbonyl (C=O) groups excluding carboxylic acids is 1. The van der Waals surface area contributed by atoms with E-state index in [-0.39, 0.29) is 6.04 Å². The standard InChI is InChI=1S/C13H24N2OS2/c1-14-12-10-17-8-6-15(13(12)16)9-11-5-3-2-4-7-18-11/h11-12,14H,2-10H2,1H3. The zero-order chi connectivity index (χ0) is 12.8. The number of nitrogens with one attached hydrogen (secondary N) is 1. The van der Waals surface area contributed by atoms with Gasteiger partial charge >= 0.3 is 0 Å². The lowest BCUT2D eigenvalue weighted by molar-refractivity contribution is -0.132. The van der Waals surface area contributed by atoms with Crippen LogP contribution in [-0.2, 0) is 4.79 Å². The number of amides is 1. The summed E-state index contributed by atoms with van der Waals surface area (Å²) in [6, 6.07) is 0.0216. The van der Waals surface area contributed by atoms with Gasteiger partial charge in [0.1, 0.15) is 0 Å². The van der Waals surface area contributed by atoms with Crippen LogP contribution in [0.1, 0.15) is 25.7 Å². The van der Waals surface area contributed by atoms with Gasteiger partial charge in [-0.2, -0.15) is 23.5 Å². The molecule has 3 nitrogen and oxygen atoms in total. The van der Waals surface area contributed by atoms with Crippen molar-refractivity contribution < 1.29 is 4.79 Å². The van der Waals surface area contributed by atoms with Crippen LogP contribution in [0.25, 0.3) is 0 Å². The molecule has 2 heterocycles. The molecule has 2 aliphatic rings. The van der Waals surface area contributed by atoms with E-state index in [2.05, 4.69) is 22.0 Å². The number of hydrogen-bond donors (Lipinski definition) is 1. The molecule has 1 N–H and O–H groups in total. The van der Waals surface area contributed by atoms with Crippen molar-refractivity contribution >= 4 is 29.4 Å². The molecule has 0 saturated carbocycles. The monoisotopic (exact) mass is 288 g/mol. The molecular weight excluding hydrogens is 264 g/mol. The van der Waals surface area contributed by atoms with Gasteiger partial charge in [0.2, 0.25) is 5.91 Å². The van der Waals surface area contributed by atoms with Crippen LogP contribution in [0, 0.1) is 0 Å². The van der Waals surface area contributed by atoms with Crippen LogP contribution in [0.15, 0.2) is 0 Å². The van der Waals surface area contributed by atoms with Gasteiger partial charge in [0.15, 0.2) is 0 Å². The second-order valence-electron chi connectivity index (χ2n) is 5.04. The number of hydrogen-bond acceptors (Lipinski definition) is 4. The Labute approximate surface area is 119 Å². The van der Waals surface area contributed by atoms with E-state index in [1.807, 2.05) is 18.8 Å². The molecule has 2 rings (SSSR count). The van der Waals surface area contributed by atoms with Crippen LogP contribution in [0.3, 0.4) is 0 Å². The van der Waals surface area contributed by atoms with E-state index in [0.717, 1.165) is 24.6 Å². The molecule has 2 saturated heterocycles. The van der Waals surface area contributed by atoms with E-state index < -0.39 is 0 Å². The third kappa shape index (κ3) is 4.07. The second-order valence-corrected chi connectivity index (χ2v) is 7.60. The first-order valence-corrected chi connectivity index (χ1v) is 9.17. The Morgan fingerprint density at radius 1 is 1.33 bits per heavy atom. The van der Waals surface area contributed by atoms with Crippen LogP contribution < -0.4 is 5.32 Å². The Morgan fingerprint density at radius 3 is 3.06 bits per heavy atom. The van der Waals surface area contributed by atoms with Crippen LogP contribution in [0.4, 0.5) is 0 Å². The van der Waals surface area contributed by atoms with Crippen molar-refractivity contribution in [2.24, 2.45) is 0 Å². The Hall–Kier alpha value is 0.130. The predicted molar refractivity (Wildman–Crippen MR) is 81.5 cm³/mol. The molecule has 0 bridgehead atoms. The Morgan fingerprint density at radius 2 is 2.22 bits per heavy atom. The van der Waals surface area contributed by atoms with Crippen molar-refractivity contribution in [1.29, 1.82) is 0 Å². The molecule has 18 heavy (non-hydrogen) atoms. The molecule has 0 aliphatic carbocycles. The number of carbonyl (C=O) groups is 1. The van der Waals surface area contributed by atoms with Crippen molar-refractivity contribution in [3.63, 3.8) is 0 Å². The summed E-state index contributed by atoms with van der Waals surface area (Å²) in [7, 11) is 1.90. The summed E-state index contributed by atoms with van der Waals surface area (Å²) in [6.45, 7) is 1.89. The fraction of sp³-hybridized carbons (Fsp3) is 0.923. The van der Waals surface area contributed by atoms with Crippen molar-refractivity contribution in [1.82, 2.24) is 10.2 Å². The Kier molecular flexibility index (Phi) is 6.18. The average Bonchev–Trinajstić information content (AvgIpc) is 2.73. The molecule has 0 aromatic heterocycles. The molecule has 0 aromatic carbocycles. The first kappa shape index (κ1) is 14.5. The maximum absolute atomic E-state index is 12.4. The maximum Gasteiger partial charge on any atom is 0.240 e. The third-order valence-corrected chi connectivity index (χ3v) is 6.12. The molecule has 1 amide bonds. The summed E-state index contributed by atoms with van der Waals surface area (Å²) in [5, 5.41) is 3.82. The first-order valence-electron chi connectivity index (χ1n) is 6.96. The molecule has 0 aromatic rings. The van der Waals surface area contributed by atoms with Gasteiger partial charge in [0.05, 0.1) is 6.04 Å². The molecule has 2 atom stereocenters. The SMILES string of the molecule is CNC1CSCCN(CC2CCCCCS2)C1=O. The van der Waals surface area contributed by atoms with E-state index in [1.54, 1.807) is 0 Å². The third-order valence-electron chi connectivity index (χ3n) is 3.70. The fourth-order valence-electron chi connectivity index (χ4n) is 2.54. The highest BCUT2D eigenvalue weighted by Gasteiger charge is 2.28. The van der Waals surface area contributed by atoms with E-state index in [1.165, 1.54) is 31.4 Å². The first-order chi connectivity index (χ1) is 8.81. The zero-order valence-electron chi connectivity index (χ0n) is 11.2. The van der Waals surface area contributed by atoms with Crippen molar-refractivity contribution in [2.45, 2.75) is 37.0 Å². The summed E-state index contributed by atoms with van der Waals surface area (Å²) in [4.78, 5) is 14.5. The second kappa shape index (κ2) is 7.65. The van der Waals surface area contributed by atoms with Gasteiger partial charge in [-0.25, -0.2) is 0 Å². The number of nitrogens with zero attached hydrogens (tertiary/aromatic N) is 1.